The second-order valence-electron chi connectivity index (χ2n) is 8.37. The van der Waals surface area contributed by atoms with E-state index in [1.54, 1.807) is 0 Å². The largest absolute Gasteiger partial charge is 0.200 e. The van der Waals surface area contributed by atoms with E-state index in [9.17, 15) is 0 Å². The molecule has 1 radical (unpaired) electrons. The zero-order chi connectivity index (χ0) is 17.5. The molecule has 0 aliphatic heterocycles. The fourth-order valence-corrected chi connectivity index (χ4v) is 5.62. The van der Waals surface area contributed by atoms with Crippen molar-refractivity contribution in [2.24, 2.45) is 23.7 Å². The molecule has 0 aromatic carbocycles. The molecule has 0 aliphatic carbocycles. The van der Waals surface area contributed by atoms with Crippen molar-refractivity contribution in [3.63, 3.8) is 0 Å². The van der Waals surface area contributed by atoms with Gasteiger partial charge in [0.15, 0.2) is 0 Å². The minimum Gasteiger partial charge on any atom is -0.101 e. The van der Waals surface area contributed by atoms with Crippen LogP contribution < -0.4 is 0 Å². The Morgan fingerprint density at radius 2 is 0.913 bits per heavy atom. The molecule has 0 aromatic heterocycles. The van der Waals surface area contributed by atoms with Gasteiger partial charge in [-0.1, -0.05) is 118 Å². The molecule has 4 unspecified atom stereocenters. The predicted octanol–water partition coefficient (Wildman–Crippen LogP) is 8.01. The quantitative estimate of drug-likeness (QED) is 0.197. The lowest BCUT2D eigenvalue weighted by atomic mass is 9.91. The van der Waals surface area contributed by atoms with E-state index in [2.05, 4.69) is 41.5 Å². The van der Waals surface area contributed by atoms with Crippen molar-refractivity contribution in [1.29, 1.82) is 0 Å². The van der Waals surface area contributed by atoms with Crippen LogP contribution in [0.2, 0.25) is 10.6 Å². The van der Waals surface area contributed by atoms with Gasteiger partial charge in [0.2, 0.25) is 15.2 Å². The zero-order valence-corrected chi connectivity index (χ0v) is 18.5. The van der Waals surface area contributed by atoms with E-state index in [-0.39, 0.29) is 0 Å². The summed E-state index contributed by atoms with van der Waals surface area (Å²) < 4.78 is 0. The Hall–Kier alpha value is 0.532. The van der Waals surface area contributed by atoms with Crippen molar-refractivity contribution in [1.82, 2.24) is 0 Å². The molecular weight excluding hydrogens is 291 g/mol. The van der Waals surface area contributed by atoms with Gasteiger partial charge in [-0.3, -0.25) is 0 Å². The Bertz CT molecular complexity index is 214. The average Bonchev–Trinajstić information content (AvgIpc) is 2.54. The monoisotopic (exact) mass is 337 g/mol. The highest BCUT2D eigenvalue weighted by Crippen LogP contribution is 2.25. The first-order valence-electron chi connectivity index (χ1n) is 10.8. The number of unbranched alkanes of at least 4 members (excludes halogenated alkanes) is 6. The summed E-state index contributed by atoms with van der Waals surface area (Å²) in [5.74, 6) is 3.81. The molecule has 0 aromatic rings. The fourth-order valence-electron chi connectivity index (χ4n) is 3.44. The van der Waals surface area contributed by atoms with Crippen molar-refractivity contribution in [3.8, 4) is 0 Å². The van der Waals surface area contributed by atoms with Gasteiger partial charge in [0, 0.05) is 0 Å². The Morgan fingerprint density at radius 1 is 0.522 bits per heavy atom. The van der Waals surface area contributed by atoms with Gasteiger partial charge in [-0.25, -0.2) is 0 Å². The van der Waals surface area contributed by atoms with Crippen LogP contribution in [0.5, 0.6) is 0 Å². The van der Waals surface area contributed by atoms with Crippen LogP contribution in [0.4, 0.5) is 0 Å². The molecule has 0 saturated carbocycles. The lowest BCUT2D eigenvalue weighted by molar-refractivity contribution is 0.365. The molecule has 0 aliphatic rings. The van der Waals surface area contributed by atoms with Crippen LogP contribution in [0.3, 0.4) is 0 Å². The summed E-state index contributed by atoms with van der Waals surface area (Å²) in [4.78, 5) is 0. The van der Waals surface area contributed by atoms with Gasteiger partial charge in [-0.15, -0.1) is 10.6 Å². The molecule has 0 bridgehead atoms. The van der Waals surface area contributed by atoms with Crippen LogP contribution in [0.25, 0.3) is 0 Å². The summed E-state index contributed by atoms with van der Waals surface area (Å²) in [6.45, 7) is 14.6. The summed E-state index contributed by atoms with van der Waals surface area (Å²) in [6.07, 6.45) is 14.3. The van der Waals surface area contributed by atoms with Crippen LogP contribution in [0, 0.1) is 23.7 Å². The summed E-state index contributed by atoms with van der Waals surface area (Å²) >= 11 is 0.677. The summed E-state index contributed by atoms with van der Waals surface area (Å²) in [6, 6.07) is 0. The fraction of sp³-hybridized carbons (Fsp3) is 1.00. The molecular formula is C22H46Al. The maximum atomic E-state index is 2.51. The van der Waals surface area contributed by atoms with Crippen molar-refractivity contribution < 1.29 is 0 Å². The number of hydrogen-bond donors (Lipinski definition) is 0. The summed E-state index contributed by atoms with van der Waals surface area (Å²) in [5, 5.41) is 3.06. The Kier molecular flexibility index (Phi) is 16.4. The second-order valence-corrected chi connectivity index (χ2v) is 9.89. The third-order valence-corrected chi connectivity index (χ3v) is 8.20. The van der Waals surface area contributed by atoms with Crippen LogP contribution in [0.1, 0.15) is 106 Å². The molecule has 0 amide bonds. The van der Waals surface area contributed by atoms with E-state index in [4.69, 9.17) is 0 Å². The molecule has 1 heteroatoms. The SMILES string of the molecule is CCCCCCC(C)C(C)[CH2][Al][CH2]C(C)C(C)CCCCCC. The van der Waals surface area contributed by atoms with Gasteiger partial charge in [0.1, 0.15) is 0 Å². The Morgan fingerprint density at radius 3 is 1.26 bits per heavy atom. The van der Waals surface area contributed by atoms with E-state index in [1.165, 1.54) is 74.8 Å². The molecule has 23 heavy (non-hydrogen) atoms. The molecule has 0 fully saturated rings. The third kappa shape index (κ3) is 13.5. The normalized spacial score (nSPS) is 16.8. The molecule has 0 spiro atoms. The van der Waals surface area contributed by atoms with Crippen molar-refractivity contribution in [2.75, 3.05) is 0 Å². The minimum absolute atomic E-state index is 0.677. The first-order chi connectivity index (χ1) is 11.0. The van der Waals surface area contributed by atoms with Crippen LogP contribution in [0.15, 0.2) is 0 Å². The van der Waals surface area contributed by atoms with Gasteiger partial charge in [-0.2, -0.15) is 0 Å². The van der Waals surface area contributed by atoms with Crippen molar-refractivity contribution in [3.05, 3.63) is 0 Å². The lowest BCUT2D eigenvalue weighted by Gasteiger charge is -2.22. The molecule has 4 atom stereocenters. The third-order valence-electron chi connectivity index (χ3n) is 6.05. The van der Waals surface area contributed by atoms with E-state index >= 15 is 0 Å². The zero-order valence-electron chi connectivity index (χ0n) is 17.4. The van der Waals surface area contributed by atoms with E-state index < -0.39 is 0 Å². The molecule has 137 valence electrons. The van der Waals surface area contributed by atoms with Crippen LogP contribution >= 0.6 is 0 Å². The van der Waals surface area contributed by atoms with Crippen LogP contribution in [-0.4, -0.2) is 15.2 Å². The van der Waals surface area contributed by atoms with E-state index in [0.29, 0.717) is 15.2 Å². The van der Waals surface area contributed by atoms with Crippen LogP contribution in [-0.2, 0) is 0 Å². The molecule has 0 rings (SSSR count). The smallest absolute Gasteiger partial charge is 0.101 e. The average molecular weight is 338 g/mol. The highest BCUT2D eigenvalue weighted by atomic mass is 27.1. The molecule has 0 nitrogen and oxygen atoms in total. The molecule has 0 N–H and O–H groups in total. The number of rotatable bonds is 16. The maximum absolute atomic E-state index is 2.51. The first kappa shape index (κ1) is 23.5. The molecule has 0 heterocycles. The van der Waals surface area contributed by atoms with Crippen molar-refractivity contribution >= 4 is 15.2 Å². The minimum atomic E-state index is 0.677. The first-order valence-corrected chi connectivity index (χ1v) is 12.5. The summed E-state index contributed by atoms with van der Waals surface area (Å²) in [5.41, 5.74) is 0. The van der Waals surface area contributed by atoms with Gasteiger partial charge < -0.3 is 0 Å². The highest BCUT2D eigenvalue weighted by Gasteiger charge is 2.16. The second kappa shape index (κ2) is 16.0. The lowest BCUT2D eigenvalue weighted by Crippen LogP contribution is -2.14. The Labute approximate surface area is 155 Å². The van der Waals surface area contributed by atoms with Gasteiger partial charge in [0.25, 0.3) is 0 Å². The standard InChI is InChI=1S/2C11H23.Al/c2*1-5-6-7-8-9-11(4)10(2)3;/h2*10-11H,2,5-9H2,1,3-4H3;. The number of hydrogen-bond acceptors (Lipinski definition) is 0. The van der Waals surface area contributed by atoms with Crippen molar-refractivity contribution in [2.45, 2.75) is 116 Å². The topological polar surface area (TPSA) is 0 Å². The molecule has 0 saturated heterocycles. The van der Waals surface area contributed by atoms with E-state index in [1.807, 2.05) is 0 Å². The van der Waals surface area contributed by atoms with Gasteiger partial charge in [-0.05, 0) is 11.8 Å². The highest BCUT2D eigenvalue weighted by molar-refractivity contribution is 6.35. The van der Waals surface area contributed by atoms with Gasteiger partial charge in [0.05, 0.1) is 0 Å². The van der Waals surface area contributed by atoms with E-state index in [0.717, 1.165) is 23.7 Å². The van der Waals surface area contributed by atoms with Gasteiger partial charge >= 0.3 is 0 Å². The predicted molar refractivity (Wildman–Crippen MR) is 110 cm³/mol. The summed E-state index contributed by atoms with van der Waals surface area (Å²) in [7, 11) is 0. The Balaban J connectivity index is 3.69. The maximum Gasteiger partial charge on any atom is 0.200 e.